The van der Waals surface area contributed by atoms with Crippen LogP contribution < -0.4 is 0 Å². The first-order chi connectivity index (χ1) is 3.93. The van der Waals surface area contributed by atoms with Crippen LogP contribution >= 0.6 is 0 Å². The van der Waals surface area contributed by atoms with E-state index in [0.717, 1.165) is 12.1 Å². The summed E-state index contributed by atoms with van der Waals surface area (Å²) in [5, 5.41) is 0. The van der Waals surface area contributed by atoms with Crippen LogP contribution in [0.2, 0.25) is 0 Å². The molecule has 9 heavy (non-hydrogen) atoms. The molecule has 47 valence electrons. The van der Waals surface area contributed by atoms with Crippen molar-refractivity contribution in [2.75, 3.05) is 0 Å². The summed E-state index contributed by atoms with van der Waals surface area (Å²) in [4.78, 5) is 4.04. The predicted molar refractivity (Wildman–Crippen MR) is 32.5 cm³/mol. The smallest absolute Gasteiger partial charge is 0 e. The van der Waals surface area contributed by atoms with Gasteiger partial charge >= 0.3 is 0 Å². The molecule has 0 aliphatic heterocycles. The molecule has 1 nitrogen and oxygen atoms in total. The SMILES string of the molecule is CCc1[c-]cccn1.[V]. The molecule has 0 amide bonds. The maximum Gasteiger partial charge on any atom is 0 e. The first-order valence-electron chi connectivity index (χ1n) is 2.75. The number of nitrogens with zero attached hydrogens (tertiary/aromatic N) is 1. The molecule has 0 saturated heterocycles. The molecule has 0 aromatic carbocycles. The zero-order valence-electron chi connectivity index (χ0n) is 5.33. The van der Waals surface area contributed by atoms with Crippen LogP contribution in [0.5, 0.6) is 0 Å². The summed E-state index contributed by atoms with van der Waals surface area (Å²) in [6.45, 7) is 2.07. The number of hydrogen-bond donors (Lipinski definition) is 0. The molecule has 0 unspecified atom stereocenters. The van der Waals surface area contributed by atoms with Gasteiger partial charge in [-0.1, -0.05) is 18.8 Å². The third-order valence-corrected chi connectivity index (χ3v) is 0.997. The molecule has 0 saturated carbocycles. The summed E-state index contributed by atoms with van der Waals surface area (Å²) in [6, 6.07) is 6.76. The molecule has 0 spiro atoms. The van der Waals surface area contributed by atoms with E-state index in [2.05, 4.69) is 18.0 Å². The van der Waals surface area contributed by atoms with Gasteiger partial charge in [0.2, 0.25) is 0 Å². The van der Waals surface area contributed by atoms with Crippen molar-refractivity contribution in [2.45, 2.75) is 13.3 Å². The largest absolute Gasteiger partial charge is 0.301 e. The Hall–Kier alpha value is -0.266. The molecular weight excluding hydrogens is 149 g/mol. The van der Waals surface area contributed by atoms with Crippen LogP contribution in [0.3, 0.4) is 0 Å². The Morgan fingerprint density at radius 1 is 1.67 bits per heavy atom. The van der Waals surface area contributed by atoms with E-state index in [-0.39, 0.29) is 18.6 Å². The molecule has 1 heterocycles. The van der Waals surface area contributed by atoms with Gasteiger partial charge in [-0.2, -0.15) is 6.07 Å². The van der Waals surface area contributed by atoms with E-state index < -0.39 is 0 Å². The summed E-state index contributed by atoms with van der Waals surface area (Å²) >= 11 is 0. The first kappa shape index (κ1) is 8.73. The van der Waals surface area contributed by atoms with Crippen LogP contribution in [0.1, 0.15) is 12.6 Å². The van der Waals surface area contributed by atoms with E-state index in [9.17, 15) is 0 Å². The Morgan fingerprint density at radius 2 is 2.44 bits per heavy atom. The molecule has 0 N–H and O–H groups in total. The van der Waals surface area contributed by atoms with Crippen LogP contribution in [0.25, 0.3) is 0 Å². The van der Waals surface area contributed by atoms with Gasteiger partial charge in [-0.05, 0) is 6.42 Å². The normalized spacial score (nSPS) is 8.11. The van der Waals surface area contributed by atoms with Gasteiger partial charge in [-0.3, -0.25) is 0 Å². The Labute approximate surface area is 67.4 Å². The topological polar surface area (TPSA) is 12.9 Å². The van der Waals surface area contributed by atoms with E-state index in [1.165, 1.54) is 0 Å². The molecule has 1 aromatic heterocycles. The molecule has 1 aromatic rings. The molecule has 1 rings (SSSR count). The fourth-order valence-electron chi connectivity index (χ4n) is 0.551. The van der Waals surface area contributed by atoms with Crippen molar-refractivity contribution >= 4 is 0 Å². The molecule has 0 fully saturated rings. The van der Waals surface area contributed by atoms with Crippen molar-refractivity contribution in [3.8, 4) is 0 Å². The second kappa shape index (κ2) is 4.60. The Bertz CT molecular complexity index is 150. The maximum absolute atomic E-state index is 4.04. The minimum Gasteiger partial charge on any atom is -0.301 e. The predicted octanol–water partition coefficient (Wildman–Crippen LogP) is 1.44. The van der Waals surface area contributed by atoms with Crippen molar-refractivity contribution in [3.05, 3.63) is 30.1 Å². The summed E-state index contributed by atoms with van der Waals surface area (Å²) in [7, 11) is 0. The summed E-state index contributed by atoms with van der Waals surface area (Å²) in [6.07, 6.45) is 2.76. The van der Waals surface area contributed by atoms with Gasteiger partial charge in [0.1, 0.15) is 0 Å². The summed E-state index contributed by atoms with van der Waals surface area (Å²) < 4.78 is 0. The second-order valence-electron chi connectivity index (χ2n) is 1.58. The van der Waals surface area contributed by atoms with E-state index in [1.807, 2.05) is 12.1 Å². The fourth-order valence-corrected chi connectivity index (χ4v) is 0.551. The van der Waals surface area contributed by atoms with Crippen LogP contribution in [-0.4, -0.2) is 4.98 Å². The number of rotatable bonds is 1. The molecule has 2 heteroatoms. The van der Waals surface area contributed by atoms with Gasteiger partial charge < -0.3 is 4.98 Å². The standard InChI is InChI=1S/C7H8N.V/c1-2-7-5-3-4-6-8-7;/h3-4,6H,2H2,1H3;/q-1;. The van der Waals surface area contributed by atoms with E-state index in [1.54, 1.807) is 6.20 Å². The van der Waals surface area contributed by atoms with E-state index >= 15 is 0 Å². The van der Waals surface area contributed by atoms with Gasteiger partial charge in [0.15, 0.2) is 0 Å². The van der Waals surface area contributed by atoms with Crippen LogP contribution in [0.15, 0.2) is 18.3 Å². The summed E-state index contributed by atoms with van der Waals surface area (Å²) in [5.74, 6) is 0. The average molecular weight is 157 g/mol. The van der Waals surface area contributed by atoms with Crippen molar-refractivity contribution in [1.82, 2.24) is 4.98 Å². The molecule has 0 aliphatic carbocycles. The maximum atomic E-state index is 4.04. The number of aromatic nitrogens is 1. The second-order valence-corrected chi connectivity index (χ2v) is 1.58. The minimum atomic E-state index is 0. The van der Waals surface area contributed by atoms with Gasteiger partial charge in [-0.25, -0.2) is 12.1 Å². The van der Waals surface area contributed by atoms with Crippen molar-refractivity contribution in [2.24, 2.45) is 0 Å². The molecule has 0 bridgehead atoms. The van der Waals surface area contributed by atoms with Gasteiger partial charge in [0, 0.05) is 18.6 Å². The zero-order valence-corrected chi connectivity index (χ0v) is 6.73. The summed E-state index contributed by atoms with van der Waals surface area (Å²) in [5.41, 5.74) is 1.03. The monoisotopic (exact) mass is 157 g/mol. The Morgan fingerprint density at radius 3 is 2.78 bits per heavy atom. The average Bonchev–Trinajstić information content (AvgIpc) is 1.90. The third kappa shape index (κ3) is 2.68. The molecular formula is C7H8NV-. The van der Waals surface area contributed by atoms with E-state index in [0.29, 0.717) is 0 Å². The molecule has 0 aliphatic rings. The minimum absolute atomic E-state index is 0. The number of aryl methyl sites for hydroxylation is 1. The number of hydrogen-bond acceptors (Lipinski definition) is 1. The van der Waals surface area contributed by atoms with Crippen molar-refractivity contribution < 1.29 is 18.6 Å². The van der Waals surface area contributed by atoms with Crippen LogP contribution in [0, 0.1) is 6.07 Å². The Kier molecular flexibility index (Phi) is 4.46. The van der Waals surface area contributed by atoms with Crippen molar-refractivity contribution in [1.29, 1.82) is 0 Å². The first-order valence-corrected chi connectivity index (χ1v) is 2.75. The Balaban J connectivity index is 0.000000640. The van der Waals surface area contributed by atoms with Gasteiger partial charge in [-0.15, -0.1) is 0 Å². The quantitative estimate of drug-likeness (QED) is 0.562. The fraction of sp³-hybridized carbons (Fsp3) is 0.286. The van der Waals surface area contributed by atoms with Crippen LogP contribution in [-0.2, 0) is 25.0 Å². The van der Waals surface area contributed by atoms with Crippen molar-refractivity contribution in [3.63, 3.8) is 0 Å². The molecule has 1 radical (unpaired) electrons. The van der Waals surface area contributed by atoms with Gasteiger partial charge in [0.25, 0.3) is 0 Å². The number of pyridine rings is 1. The van der Waals surface area contributed by atoms with Crippen LogP contribution in [0.4, 0.5) is 0 Å². The van der Waals surface area contributed by atoms with Gasteiger partial charge in [0.05, 0.1) is 0 Å². The third-order valence-electron chi connectivity index (χ3n) is 0.997. The van der Waals surface area contributed by atoms with E-state index in [4.69, 9.17) is 0 Å². The molecule has 0 atom stereocenters. The zero-order chi connectivity index (χ0) is 5.82.